The Hall–Kier alpha value is -2.44. The topological polar surface area (TPSA) is 93.1 Å². The first-order valence-corrected chi connectivity index (χ1v) is 14.4. The van der Waals surface area contributed by atoms with Crippen LogP contribution in [0.25, 0.3) is 0 Å². The fourth-order valence-electron chi connectivity index (χ4n) is 5.98. The number of benzene rings is 1. The van der Waals surface area contributed by atoms with E-state index in [4.69, 9.17) is 19.7 Å². The molecule has 0 aliphatic heterocycles. The van der Waals surface area contributed by atoms with Gasteiger partial charge in [0, 0.05) is 5.92 Å². The lowest BCUT2D eigenvalue weighted by atomic mass is 9.73. The number of hydrogen-bond acceptors (Lipinski definition) is 6. The molecule has 2 aliphatic carbocycles. The van der Waals surface area contributed by atoms with Crippen molar-refractivity contribution in [2.24, 2.45) is 17.8 Å². The van der Waals surface area contributed by atoms with E-state index >= 15 is 0 Å². The van der Waals surface area contributed by atoms with Crippen molar-refractivity contribution < 1.29 is 29.3 Å². The van der Waals surface area contributed by atoms with Crippen molar-refractivity contribution in [1.82, 2.24) is 0 Å². The van der Waals surface area contributed by atoms with Crippen LogP contribution in [0.4, 0.5) is 0 Å². The van der Waals surface area contributed by atoms with E-state index in [0.29, 0.717) is 5.92 Å². The SMILES string of the molecule is C=C(CO)C(=O)OCC(COC(=O)C(=C)CO)C1CCC(c2ccc3c(c2)CCC(CCCCC)C3)CC1. The summed E-state index contributed by atoms with van der Waals surface area (Å²) in [7, 11) is 0. The molecule has 0 spiro atoms. The first-order valence-electron chi connectivity index (χ1n) is 14.4. The Bertz CT molecular complexity index is 927. The van der Waals surface area contributed by atoms with E-state index in [1.807, 2.05) is 0 Å². The van der Waals surface area contributed by atoms with Crippen molar-refractivity contribution in [1.29, 1.82) is 0 Å². The Morgan fingerprint density at radius 2 is 1.55 bits per heavy atom. The lowest BCUT2D eigenvalue weighted by Gasteiger charge is -2.34. The van der Waals surface area contributed by atoms with Crippen molar-refractivity contribution in [3.63, 3.8) is 0 Å². The molecule has 38 heavy (non-hydrogen) atoms. The molecular formula is C32H46O6. The molecule has 0 radical (unpaired) electrons. The van der Waals surface area contributed by atoms with Crippen molar-refractivity contribution >= 4 is 11.9 Å². The largest absolute Gasteiger partial charge is 0.462 e. The number of carbonyl (C=O) groups is 2. The molecule has 6 nitrogen and oxygen atoms in total. The van der Waals surface area contributed by atoms with Gasteiger partial charge in [0.1, 0.15) is 0 Å². The predicted molar refractivity (Wildman–Crippen MR) is 149 cm³/mol. The van der Waals surface area contributed by atoms with Gasteiger partial charge in [0.05, 0.1) is 37.6 Å². The standard InChI is InChI=1S/C32H46O6/c1-4-5-6-7-24-8-9-29-17-28(15-14-27(29)16-24)25-10-12-26(13-11-25)30(20-37-31(35)22(2)18-33)21-38-32(36)23(3)19-34/h14-15,17,24-26,30,33-34H,2-13,16,18-21H2,1H3. The van der Waals surface area contributed by atoms with Crippen molar-refractivity contribution in [3.8, 4) is 0 Å². The molecule has 2 aliphatic rings. The third-order valence-electron chi connectivity index (χ3n) is 8.50. The van der Waals surface area contributed by atoms with E-state index in [9.17, 15) is 9.59 Å². The zero-order valence-corrected chi connectivity index (χ0v) is 23.1. The van der Waals surface area contributed by atoms with Crippen LogP contribution in [0.1, 0.15) is 87.3 Å². The summed E-state index contributed by atoms with van der Waals surface area (Å²) in [6, 6.07) is 7.15. The van der Waals surface area contributed by atoms with E-state index in [2.05, 4.69) is 38.3 Å². The first kappa shape index (κ1) is 30.1. The fraction of sp³-hybridized carbons (Fsp3) is 0.625. The Morgan fingerprint density at radius 1 is 0.921 bits per heavy atom. The number of aliphatic hydroxyl groups excluding tert-OH is 2. The van der Waals surface area contributed by atoms with Gasteiger partial charge < -0.3 is 19.7 Å². The molecule has 0 bridgehead atoms. The van der Waals surface area contributed by atoms with E-state index < -0.39 is 25.2 Å². The summed E-state index contributed by atoms with van der Waals surface area (Å²) in [5.74, 6) is 0.124. The molecule has 0 saturated heterocycles. The van der Waals surface area contributed by atoms with E-state index in [1.54, 1.807) is 0 Å². The lowest BCUT2D eigenvalue weighted by molar-refractivity contribution is -0.146. The Balaban J connectivity index is 1.57. The van der Waals surface area contributed by atoms with Gasteiger partial charge in [0.15, 0.2) is 0 Å². The third kappa shape index (κ3) is 8.54. The second-order valence-electron chi connectivity index (χ2n) is 11.2. The molecule has 0 amide bonds. The fourth-order valence-corrected chi connectivity index (χ4v) is 5.98. The second kappa shape index (κ2) is 15.2. The number of aryl methyl sites for hydroxylation is 1. The number of ether oxygens (including phenoxy) is 2. The van der Waals surface area contributed by atoms with Gasteiger partial charge in [-0.2, -0.15) is 0 Å². The summed E-state index contributed by atoms with van der Waals surface area (Å²) in [5, 5.41) is 18.3. The van der Waals surface area contributed by atoms with Gasteiger partial charge in [0.2, 0.25) is 0 Å². The van der Waals surface area contributed by atoms with Crippen LogP contribution in [0.3, 0.4) is 0 Å². The maximum absolute atomic E-state index is 12.1. The van der Waals surface area contributed by atoms with Crippen molar-refractivity contribution in [2.75, 3.05) is 26.4 Å². The number of fused-ring (bicyclic) bond motifs is 1. The quantitative estimate of drug-likeness (QED) is 0.190. The molecule has 1 aromatic rings. The Kier molecular flexibility index (Phi) is 12.1. The van der Waals surface area contributed by atoms with Gasteiger partial charge in [-0.1, -0.05) is 64.0 Å². The highest BCUT2D eigenvalue weighted by atomic mass is 16.5. The van der Waals surface area contributed by atoms with E-state index in [0.717, 1.165) is 31.6 Å². The highest BCUT2D eigenvalue weighted by molar-refractivity contribution is 5.88. The van der Waals surface area contributed by atoms with Crippen LogP contribution in [-0.4, -0.2) is 48.6 Å². The predicted octanol–water partition coefficient (Wildman–Crippen LogP) is 5.45. The lowest BCUT2D eigenvalue weighted by Crippen LogP contribution is -2.31. The summed E-state index contributed by atoms with van der Waals surface area (Å²) < 4.78 is 10.8. The van der Waals surface area contributed by atoms with Gasteiger partial charge in [-0.3, -0.25) is 0 Å². The minimum atomic E-state index is -0.640. The molecule has 1 aromatic carbocycles. The summed E-state index contributed by atoms with van der Waals surface area (Å²) >= 11 is 0. The smallest absolute Gasteiger partial charge is 0.335 e. The number of rotatable bonds is 14. The second-order valence-corrected chi connectivity index (χ2v) is 11.2. The molecule has 0 aromatic heterocycles. The van der Waals surface area contributed by atoms with Crippen LogP contribution in [0.15, 0.2) is 42.5 Å². The first-order chi connectivity index (χ1) is 18.4. The van der Waals surface area contributed by atoms with Gasteiger partial charge in [0.25, 0.3) is 0 Å². The van der Waals surface area contributed by atoms with Crippen molar-refractivity contribution in [3.05, 3.63) is 59.2 Å². The van der Waals surface area contributed by atoms with Gasteiger partial charge in [-0.25, -0.2) is 9.59 Å². The molecule has 6 heteroatoms. The van der Waals surface area contributed by atoms with Gasteiger partial charge >= 0.3 is 11.9 Å². The van der Waals surface area contributed by atoms with Crippen molar-refractivity contribution in [2.45, 2.75) is 83.5 Å². The average Bonchev–Trinajstić information content (AvgIpc) is 2.95. The molecule has 0 heterocycles. The van der Waals surface area contributed by atoms with Crippen LogP contribution in [0.5, 0.6) is 0 Å². The summed E-state index contributed by atoms with van der Waals surface area (Å²) in [4.78, 5) is 24.1. The number of unbranched alkanes of at least 4 members (excludes halogenated alkanes) is 2. The number of hydrogen-bond donors (Lipinski definition) is 2. The molecule has 1 fully saturated rings. The monoisotopic (exact) mass is 526 g/mol. The molecular weight excluding hydrogens is 480 g/mol. The van der Waals surface area contributed by atoms with Crippen LogP contribution in [0, 0.1) is 17.8 Å². The Labute approximate surface area is 228 Å². The highest BCUT2D eigenvalue weighted by Crippen LogP contribution is 2.40. The molecule has 1 atom stereocenters. The molecule has 210 valence electrons. The molecule has 1 saturated carbocycles. The van der Waals surface area contributed by atoms with Crippen LogP contribution in [-0.2, 0) is 31.9 Å². The van der Waals surface area contributed by atoms with Crippen LogP contribution in [0.2, 0.25) is 0 Å². The summed E-state index contributed by atoms with van der Waals surface area (Å²) in [5.41, 5.74) is 4.49. The zero-order valence-electron chi connectivity index (χ0n) is 23.1. The van der Waals surface area contributed by atoms with E-state index in [1.165, 1.54) is 61.6 Å². The van der Waals surface area contributed by atoms with Crippen LogP contribution >= 0.6 is 0 Å². The maximum atomic E-state index is 12.1. The van der Waals surface area contributed by atoms with Crippen LogP contribution < -0.4 is 0 Å². The summed E-state index contributed by atoms with van der Waals surface area (Å²) in [6.45, 7) is 8.56. The minimum absolute atomic E-state index is 0.00204. The number of esters is 2. The molecule has 1 unspecified atom stereocenters. The third-order valence-corrected chi connectivity index (χ3v) is 8.50. The number of aliphatic hydroxyl groups is 2. The average molecular weight is 527 g/mol. The minimum Gasteiger partial charge on any atom is -0.462 e. The summed E-state index contributed by atoms with van der Waals surface area (Å²) in [6.07, 6.45) is 13.0. The molecule has 2 N–H and O–H groups in total. The maximum Gasteiger partial charge on any atom is 0.335 e. The number of carbonyl (C=O) groups excluding carboxylic acids is 2. The van der Waals surface area contributed by atoms with E-state index in [-0.39, 0.29) is 36.2 Å². The Morgan fingerprint density at radius 3 is 2.13 bits per heavy atom. The zero-order chi connectivity index (χ0) is 27.5. The molecule has 3 rings (SSSR count). The van der Waals surface area contributed by atoms with Gasteiger partial charge in [-0.05, 0) is 79.4 Å². The normalized spacial score (nSPS) is 21.0. The van der Waals surface area contributed by atoms with Gasteiger partial charge in [-0.15, -0.1) is 0 Å². The highest BCUT2D eigenvalue weighted by Gasteiger charge is 2.31.